The van der Waals surface area contributed by atoms with E-state index in [2.05, 4.69) is 10.2 Å². The molecule has 1 fully saturated rings. The molecule has 2 aromatic rings. The van der Waals surface area contributed by atoms with Gasteiger partial charge in [0.1, 0.15) is 0 Å². The number of thiophene rings is 1. The van der Waals surface area contributed by atoms with E-state index in [4.69, 9.17) is 0 Å². The highest BCUT2D eigenvalue weighted by molar-refractivity contribution is 7.99. The molecule has 0 spiro atoms. The Morgan fingerprint density at radius 3 is 2.88 bits per heavy atom. The molecule has 25 heavy (non-hydrogen) atoms. The first-order chi connectivity index (χ1) is 11.9. The summed E-state index contributed by atoms with van der Waals surface area (Å²) in [6.07, 6.45) is 0.517. The van der Waals surface area contributed by atoms with Crippen LogP contribution >= 0.6 is 23.1 Å². The summed E-state index contributed by atoms with van der Waals surface area (Å²) in [6.45, 7) is 2.73. The Kier molecular flexibility index (Phi) is 5.49. The number of carbonyl (C=O) groups is 1. The lowest BCUT2D eigenvalue weighted by Gasteiger charge is -2.23. The van der Waals surface area contributed by atoms with Crippen molar-refractivity contribution in [3.8, 4) is 10.7 Å². The zero-order valence-corrected chi connectivity index (χ0v) is 16.5. The average molecular weight is 401 g/mol. The van der Waals surface area contributed by atoms with Crippen LogP contribution < -0.4 is 0 Å². The molecule has 3 heterocycles. The highest BCUT2D eigenvalue weighted by Crippen LogP contribution is 2.27. The molecular formula is C15H20N4O3S3. The van der Waals surface area contributed by atoms with Crippen molar-refractivity contribution in [1.82, 2.24) is 19.7 Å². The molecule has 0 N–H and O–H groups in total. The molecule has 0 bridgehead atoms. The van der Waals surface area contributed by atoms with Crippen molar-refractivity contribution < 1.29 is 13.2 Å². The number of carbonyl (C=O) groups excluding carboxylic acids is 1. The van der Waals surface area contributed by atoms with E-state index in [1.807, 2.05) is 29.0 Å². The van der Waals surface area contributed by atoms with Crippen molar-refractivity contribution in [2.45, 2.75) is 31.1 Å². The number of sulfone groups is 1. The second kappa shape index (κ2) is 7.46. The van der Waals surface area contributed by atoms with Gasteiger partial charge in [-0.3, -0.25) is 4.79 Å². The summed E-state index contributed by atoms with van der Waals surface area (Å²) < 4.78 is 25.2. The number of nitrogens with zero attached hydrogens (tertiary/aromatic N) is 4. The van der Waals surface area contributed by atoms with Crippen molar-refractivity contribution in [2.24, 2.45) is 0 Å². The molecule has 7 nitrogen and oxygen atoms in total. The van der Waals surface area contributed by atoms with Crippen molar-refractivity contribution in [3.63, 3.8) is 0 Å². The first kappa shape index (κ1) is 18.4. The van der Waals surface area contributed by atoms with Crippen LogP contribution in [0.3, 0.4) is 0 Å². The number of hydrogen-bond acceptors (Lipinski definition) is 7. The lowest BCUT2D eigenvalue weighted by molar-refractivity contribution is -0.128. The lowest BCUT2D eigenvalue weighted by Crippen LogP contribution is -2.38. The first-order valence-corrected chi connectivity index (χ1v) is 11.7. The minimum Gasteiger partial charge on any atom is -0.341 e. The smallest absolute Gasteiger partial charge is 0.233 e. The minimum atomic E-state index is -3.00. The van der Waals surface area contributed by atoms with Gasteiger partial charge >= 0.3 is 0 Å². The largest absolute Gasteiger partial charge is 0.341 e. The van der Waals surface area contributed by atoms with E-state index in [1.165, 1.54) is 11.8 Å². The quantitative estimate of drug-likeness (QED) is 0.687. The molecule has 0 aromatic carbocycles. The SMILES string of the molecule is CCn1c(SCC(=O)N(C)[C@@H]2CCS(=O)(=O)C2)nnc1-c1cccs1. The van der Waals surface area contributed by atoms with Crippen molar-refractivity contribution in [2.75, 3.05) is 24.3 Å². The Hall–Kier alpha value is -1.39. The van der Waals surface area contributed by atoms with Crippen molar-refractivity contribution in [3.05, 3.63) is 17.5 Å². The first-order valence-electron chi connectivity index (χ1n) is 7.97. The van der Waals surface area contributed by atoms with Gasteiger partial charge in [-0.1, -0.05) is 17.8 Å². The maximum absolute atomic E-state index is 12.4. The fourth-order valence-corrected chi connectivity index (χ4v) is 6.20. The van der Waals surface area contributed by atoms with Crippen LogP contribution in [0.15, 0.2) is 22.7 Å². The summed E-state index contributed by atoms with van der Waals surface area (Å²) >= 11 is 2.94. The van der Waals surface area contributed by atoms with E-state index in [9.17, 15) is 13.2 Å². The summed E-state index contributed by atoms with van der Waals surface area (Å²) in [5.74, 6) is 1.16. The maximum Gasteiger partial charge on any atom is 0.233 e. The van der Waals surface area contributed by atoms with Crippen LogP contribution in [0.2, 0.25) is 0 Å². The second-order valence-electron chi connectivity index (χ2n) is 5.88. The maximum atomic E-state index is 12.4. The third kappa shape index (κ3) is 4.06. The highest BCUT2D eigenvalue weighted by atomic mass is 32.2. The van der Waals surface area contributed by atoms with Gasteiger partial charge in [0, 0.05) is 19.6 Å². The second-order valence-corrected chi connectivity index (χ2v) is 10.00. The van der Waals surface area contributed by atoms with E-state index in [-0.39, 0.29) is 29.2 Å². The molecule has 0 unspecified atom stereocenters. The van der Waals surface area contributed by atoms with Gasteiger partial charge in [-0.05, 0) is 24.8 Å². The molecule has 2 aromatic heterocycles. The van der Waals surface area contributed by atoms with Crippen LogP contribution in [0, 0.1) is 0 Å². The Bertz CT molecular complexity index is 846. The summed E-state index contributed by atoms with van der Waals surface area (Å²) in [5.41, 5.74) is 0. The van der Waals surface area contributed by atoms with E-state index >= 15 is 0 Å². The predicted octanol–water partition coefficient (Wildman–Crippen LogP) is 1.76. The summed E-state index contributed by atoms with van der Waals surface area (Å²) in [7, 11) is -1.32. The number of hydrogen-bond donors (Lipinski definition) is 0. The van der Waals surface area contributed by atoms with Crippen LogP contribution in [0.1, 0.15) is 13.3 Å². The minimum absolute atomic E-state index is 0.0631. The molecule has 3 rings (SSSR count). The van der Waals surface area contributed by atoms with Gasteiger partial charge in [-0.2, -0.15) is 0 Å². The molecule has 1 atom stereocenters. The molecule has 0 saturated carbocycles. The number of rotatable bonds is 6. The van der Waals surface area contributed by atoms with E-state index in [0.717, 1.165) is 10.7 Å². The zero-order valence-electron chi connectivity index (χ0n) is 14.1. The summed E-state index contributed by atoms with van der Waals surface area (Å²) in [4.78, 5) is 15.0. The standard InChI is InChI=1S/C15H20N4O3S3/c1-3-19-14(12-5-4-7-23-12)16-17-15(19)24-9-13(20)18(2)11-6-8-25(21,22)10-11/h4-5,7,11H,3,6,8-10H2,1-2H3/t11-/m1/s1. The fraction of sp³-hybridized carbons (Fsp3) is 0.533. The molecule has 1 amide bonds. The Balaban J connectivity index is 1.64. The molecule has 10 heteroatoms. The molecule has 1 saturated heterocycles. The molecule has 1 aliphatic rings. The molecular weight excluding hydrogens is 380 g/mol. The van der Waals surface area contributed by atoms with Gasteiger partial charge in [0.25, 0.3) is 0 Å². The highest BCUT2D eigenvalue weighted by Gasteiger charge is 2.32. The van der Waals surface area contributed by atoms with E-state index in [1.54, 1.807) is 23.3 Å². The third-order valence-corrected chi connectivity index (χ3v) is 7.82. The third-order valence-electron chi connectivity index (χ3n) is 4.25. The Labute approximate surface area is 155 Å². The predicted molar refractivity (Wildman–Crippen MR) is 99.6 cm³/mol. The molecule has 136 valence electrons. The van der Waals surface area contributed by atoms with Crippen LogP contribution in [-0.4, -0.2) is 64.3 Å². The number of aromatic nitrogens is 3. The number of amides is 1. The monoisotopic (exact) mass is 400 g/mol. The van der Waals surface area contributed by atoms with Crippen LogP contribution in [0.4, 0.5) is 0 Å². The summed E-state index contributed by atoms with van der Waals surface area (Å²) in [6, 6.07) is 3.74. The van der Waals surface area contributed by atoms with Crippen molar-refractivity contribution in [1.29, 1.82) is 0 Å². The Morgan fingerprint density at radius 1 is 1.48 bits per heavy atom. The molecule has 0 radical (unpaired) electrons. The molecule has 1 aliphatic heterocycles. The lowest BCUT2D eigenvalue weighted by atomic mass is 10.2. The van der Waals surface area contributed by atoms with Gasteiger partial charge in [-0.25, -0.2) is 8.42 Å². The average Bonchev–Trinajstić information content (AvgIpc) is 3.30. The van der Waals surface area contributed by atoms with Crippen LogP contribution in [-0.2, 0) is 21.2 Å². The summed E-state index contributed by atoms with van der Waals surface area (Å²) in [5, 5.41) is 11.1. The van der Waals surface area contributed by atoms with Gasteiger partial charge in [0.15, 0.2) is 20.8 Å². The van der Waals surface area contributed by atoms with Gasteiger partial charge < -0.3 is 9.47 Å². The number of thioether (sulfide) groups is 1. The Morgan fingerprint density at radius 2 is 2.28 bits per heavy atom. The van der Waals surface area contributed by atoms with Crippen molar-refractivity contribution >= 4 is 38.8 Å². The molecule has 0 aliphatic carbocycles. The van der Waals surface area contributed by atoms with E-state index in [0.29, 0.717) is 18.1 Å². The van der Waals surface area contributed by atoms with Gasteiger partial charge in [0.05, 0.1) is 22.1 Å². The van der Waals surface area contributed by atoms with E-state index < -0.39 is 9.84 Å². The topological polar surface area (TPSA) is 85.2 Å². The van der Waals surface area contributed by atoms with Gasteiger partial charge in [-0.15, -0.1) is 21.5 Å². The normalized spacial score (nSPS) is 19.2. The zero-order chi connectivity index (χ0) is 18.0. The van der Waals surface area contributed by atoms with Crippen LogP contribution in [0.25, 0.3) is 10.7 Å². The fourth-order valence-electron chi connectivity index (χ4n) is 2.78. The van der Waals surface area contributed by atoms with Gasteiger partial charge in [0.2, 0.25) is 5.91 Å². The van der Waals surface area contributed by atoms with Crippen LogP contribution in [0.5, 0.6) is 0 Å².